The summed E-state index contributed by atoms with van der Waals surface area (Å²) in [7, 11) is 0. The molecule has 0 radical (unpaired) electrons. The summed E-state index contributed by atoms with van der Waals surface area (Å²) < 4.78 is 46.0. The third-order valence-corrected chi connectivity index (χ3v) is 4.68. The van der Waals surface area contributed by atoms with Crippen LogP contribution in [0.1, 0.15) is 62.6 Å². The fourth-order valence-corrected chi connectivity index (χ4v) is 3.16. The Morgan fingerprint density at radius 1 is 1.20 bits per heavy atom. The van der Waals surface area contributed by atoms with Crippen molar-refractivity contribution in [3.8, 4) is 0 Å². The molecular formula is C21H26F3N3O3. The van der Waals surface area contributed by atoms with E-state index in [9.17, 15) is 18.0 Å². The van der Waals surface area contributed by atoms with E-state index in [1.807, 2.05) is 13.8 Å². The molecule has 0 fully saturated rings. The quantitative estimate of drug-likeness (QED) is 0.531. The number of alkyl halides is 3. The highest BCUT2D eigenvalue weighted by atomic mass is 19.4. The van der Waals surface area contributed by atoms with Crippen LogP contribution in [0.4, 0.5) is 24.5 Å². The molecule has 0 saturated heterocycles. The van der Waals surface area contributed by atoms with Crippen LogP contribution in [0.3, 0.4) is 0 Å². The lowest BCUT2D eigenvalue weighted by atomic mass is 9.91. The summed E-state index contributed by atoms with van der Waals surface area (Å²) >= 11 is 0. The van der Waals surface area contributed by atoms with Gasteiger partial charge in [-0.2, -0.15) is 13.2 Å². The molecular weight excluding hydrogens is 399 g/mol. The minimum absolute atomic E-state index is 0.0853. The highest BCUT2D eigenvalue weighted by Gasteiger charge is 2.43. The lowest BCUT2D eigenvalue weighted by Crippen LogP contribution is -2.24. The number of halogens is 3. The zero-order valence-electron chi connectivity index (χ0n) is 17.2. The first-order chi connectivity index (χ1) is 14.2. The number of rotatable bonds is 10. The molecule has 0 amide bonds. The number of nitrogens with one attached hydrogen (secondary N) is 1. The summed E-state index contributed by atoms with van der Waals surface area (Å²) in [6.45, 7) is 5.12. The zero-order valence-corrected chi connectivity index (χ0v) is 17.2. The van der Waals surface area contributed by atoms with Crippen LogP contribution in [-0.2, 0) is 16.0 Å². The van der Waals surface area contributed by atoms with Crippen molar-refractivity contribution in [2.75, 3.05) is 11.9 Å². The first kappa shape index (κ1) is 23.6. The summed E-state index contributed by atoms with van der Waals surface area (Å²) in [5, 5.41) is 12.1. The molecule has 164 valence electrons. The van der Waals surface area contributed by atoms with E-state index in [1.54, 1.807) is 6.07 Å². The SMILES string of the molecule is CCO[C@H](c1ccc([C@H](CC)CC(=O)O)cc1Nc1cnc(CC)nc1)C(F)(F)F. The summed E-state index contributed by atoms with van der Waals surface area (Å²) in [6.07, 6.45) is -2.67. The first-order valence-corrected chi connectivity index (χ1v) is 9.81. The van der Waals surface area contributed by atoms with Gasteiger partial charge in [0.15, 0.2) is 6.10 Å². The van der Waals surface area contributed by atoms with Crippen LogP contribution in [0.15, 0.2) is 30.6 Å². The van der Waals surface area contributed by atoms with Crippen LogP contribution in [0, 0.1) is 0 Å². The number of hydrogen-bond acceptors (Lipinski definition) is 5. The second-order valence-electron chi connectivity index (χ2n) is 6.79. The third kappa shape index (κ3) is 6.16. The van der Waals surface area contributed by atoms with Crippen LogP contribution >= 0.6 is 0 Å². The molecule has 0 saturated carbocycles. The van der Waals surface area contributed by atoms with Gasteiger partial charge >= 0.3 is 12.1 Å². The number of benzene rings is 1. The lowest BCUT2D eigenvalue weighted by Gasteiger charge is -2.25. The van der Waals surface area contributed by atoms with Crippen molar-refractivity contribution >= 4 is 17.3 Å². The normalized spacial score (nSPS) is 13.7. The Kier molecular flexibility index (Phi) is 8.16. The molecule has 0 unspecified atom stereocenters. The smallest absolute Gasteiger partial charge is 0.418 e. The molecule has 6 nitrogen and oxygen atoms in total. The Morgan fingerprint density at radius 2 is 1.87 bits per heavy atom. The monoisotopic (exact) mass is 425 g/mol. The molecule has 0 aliphatic heterocycles. The van der Waals surface area contributed by atoms with Crippen LogP contribution in [0.25, 0.3) is 0 Å². The first-order valence-electron chi connectivity index (χ1n) is 9.81. The predicted molar refractivity (Wildman–Crippen MR) is 107 cm³/mol. The second-order valence-corrected chi connectivity index (χ2v) is 6.79. The Morgan fingerprint density at radius 3 is 2.37 bits per heavy atom. The highest BCUT2D eigenvalue weighted by Crippen LogP contribution is 2.41. The van der Waals surface area contributed by atoms with Gasteiger partial charge in [-0.15, -0.1) is 0 Å². The van der Waals surface area contributed by atoms with Gasteiger partial charge in [0.05, 0.1) is 24.5 Å². The lowest BCUT2D eigenvalue weighted by molar-refractivity contribution is -0.222. The Balaban J connectivity index is 2.52. The fourth-order valence-electron chi connectivity index (χ4n) is 3.16. The van der Waals surface area contributed by atoms with Crippen molar-refractivity contribution in [1.29, 1.82) is 0 Å². The Hall–Kier alpha value is -2.68. The van der Waals surface area contributed by atoms with Crippen molar-refractivity contribution in [3.05, 3.63) is 47.5 Å². The topological polar surface area (TPSA) is 84.3 Å². The Bertz CT molecular complexity index is 842. The van der Waals surface area contributed by atoms with Crippen LogP contribution in [0.5, 0.6) is 0 Å². The van der Waals surface area contributed by atoms with Crippen LogP contribution in [0.2, 0.25) is 0 Å². The predicted octanol–water partition coefficient (Wildman–Crippen LogP) is 5.39. The standard InChI is InChI=1S/C21H26F3N3O3/c1-4-13(10-19(28)29)14-7-8-16(20(30-6-3)21(22,23)24)17(9-14)27-15-11-25-18(5-2)26-12-15/h7-9,11-13,20,27H,4-6,10H2,1-3H3,(H,28,29)/t13-,20-/m1/s1. The highest BCUT2D eigenvalue weighted by molar-refractivity contribution is 5.69. The van der Waals surface area contributed by atoms with Gasteiger partial charge in [0.1, 0.15) is 5.82 Å². The molecule has 1 aromatic heterocycles. The maximum Gasteiger partial charge on any atom is 0.418 e. The summed E-state index contributed by atoms with van der Waals surface area (Å²) in [4.78, 5) is 19.5. The maximum atomic E-state index is 13.7. The summed E-state index contributed by atoms with van der Waals surface area (Å²) in [6, 6.07) is 4.43. The van der Waals surface area contributed by atoms with Gasteiger partial charge in [0.25, 0.3) is 0 Å². The number of aromatic nitrogens is 2. The molecule has 1 heterocycles. The molecule has 9 heteroatoms. The van der Waals surface area contributed by atoms with E-state index in [2.05, 4.69) is 15.3 Å². The molecule has 2 rings (SSSR count). The van der Waals surface area contributed by atoms with Crippen molar-refractivity contribution in [2.45, 2.75) is 58.2 Å². The van der Waals surface area contributed by atoms with E-state index in [0.29, 0.717) is 29.9 Å². The minimum Gasteiger partial charge on any atom is -0.481 e. The van der Waals surface area contributed by atoms with Gasteiger partial charge in [-0.05, 0) is 30.9 Å². The van der Waals surface area contributed by atoms with E-state index in [1.165, 1.54) is 31.5 Å². The van der Waals surface area contributed by atoms with Gasteiger partial charge in [0, 0.05) is 24.3 Å². The molecule has 0 aliphatic rings. The summed E-state index contributed by atoms with van der Waals surface area (Å²) in [5.41, 5.74) is 1.15. The molecule has 0 spiro atoms. The van der Waals surface area contributed by atoms with E-state index >= 15 is 0 Å². The van der Waals surface area contributed by atoms with Crippen molar-refractivity contribution < 1.29 is 27.8 Å². The van der Waals surface area contributed by atoms with Gasteiger partial charge in [-0.25, -0.2) is 9.97 Å². The van der Waals surface area contributed by atoms with Crippen LogP contribution in [-0.4, -0.2) is 33.8 Å². The number of ether oxygens (including phenoxy) is 1. The number of carbonyl (C=O) groups is 1. The molecule has 1 aromatic carbocycles. The third-order valence-electron chi connectivity index (χ3n) is 4.68. The Labute approximate surface area is 173 Å². The van der Waals surface area contributed by atoms with E-state index in [4.69, 9.17) is 9.84 Å². The number of carboxylic acid groups (broad SMARTS) is 1. The van der Waals surface area contributed by atoms with Gasteiger partial charge in [-0.3, -0.25) is 4.79 Å². The van der Waals surface area contributed by atoms with Gasteiger partial charge < -0.3 is 15.2 Å². The minimum atomic E-state index is -4.61. The summed E-state index contributed by atoms with van der Waals surface area (Å²) in [5.74, 6) is -0.678. The average Bonchev–Trinajstić information content (AvgIpc) is 2.70. The van der Waals surface area contributed by atoms with E-state index in [-0.39, 0.29) is 30.2 Å². The van der Waals surface area contributed by atoms with E-state index < -0.39 is 18.2 Å². The molecule has 2 N–H and O–H groups in total. The molecule has 2 atom stereocenters. The number of aryl methyl sites for hydroxylation is 1. The van der Waals surface area contributed by atoms with E-state index in [0.717, 1.165) is 0 Å². The van der Waals surface area contributed by atoms with Crippen molar-refractivity contribution in [3.63, 3.8) is 0 Å². The number of nitrogens with zero attached hydrogens (tertiary/aromatic N) is 2. The number of aliphatic carboxylic acids is 1. The maximum absolute atomic E-state index is 13.7. The molecule has 2 aromatic rings. The van der Waals surface area contributed by atoms with Gasteiger partial charge in [0.2, 0.25) is 0 Å². The molecule has 30 heavy (non-hydrogen) atoms. The fraction of sp³-hybridized carbons (Fsp3) is 0.476. The number of hydrogen-bond donors (Lipinski definition) is 2. The van der Waals surface area contributed by atoms with Crippen molar-refractivity contribution in [2.24, 2.45) is 0 Å². The van der Waals surface area contributed by atoms with Crippen molar-refractivity contribution in [1.82, 2.24) is 9.97 Å². The second kappa shape index (κ2) is 10.4. The number of carboxylic acids is 1. The molecule has 0 bridgehead atoms. The van der Waals surface area contributed by atoms with Gasteiger partial charge in [-0.1, -0.05) is 26.0 Å². The van der Waals surface area contributed by atoms with Crippen LogP contribution < -0.4 is 5.32 Å². The zero-order chi connectivity index (χ0) is 22.3. The average molecular weight is 425 g/mol. The largest absolute Gasteiger partial charge is 0.481 e. The molecule has 0 aliphatic carbocycles. The number of anilines is 2.